The smallest absolute Gasteiger partial charge is 0.133 e. The molecule has 0 spiro atoms. The van der Waals surface area contributed by atoms with E-state index in [9.17, 15) is 5.11 Å². The highest BCUT2D eigenvalue weighted by atomic mass is 16.5. The average Bonchev–Trinajstić information content (AvgIpc) is 2.36. The number of aliphatic hydroxyl groups excluding tert-OH is 1. The van der Waals surface area contributed by atoms with Crippen molar-refractivity contribution in [3.05, 3.63) is 42.0 Å². The monoisotopic (exact) mass is 231 g/mol. The van der Waals surface area contributed by atoms with E-state index < -0.39 is 6.23 Å². The minimum atomic E-state index is -0.568. The van der Waals surface area contributed by atoms with Crippen LogP contribution < -0.4 is 4.74 Å². The van der Waals surface area contributed by atoms with Crippen molar-refractivity contribution < 1.29 is 9.84 Å². The first-order chi connectivity index (χ1) is 8.11. The molecule has 17 heavy (non-hydrogen) atoms. The summed E-state index contributed by atoms with van der Waals surface area (Å²) in [7, 11) is 5.36. The molecule has 2 rings (SSSR count). The van der Waals surface area contributed by atoms with Crippen molar-refractivity contribution in [1.82, 2.24) is 4.90 Å². The van der Waals surface area contributed by atoms with Gasteiger partial charge in [-0.15, -0.1) is 0 Å². The van der Waals surface area contributed by atoms with Crippen LogP contribution in [0.2, 0.25) is 0 Å². The van der Waals surface area contributed by atoms with E-state index in [-0.39, 0.29) is 0 Å². The first-order valence-corrected chi connectivity index (χ1v) is 5.54. The molecular formula is C14H17NO2. The molecule has 0 amide bonds. The number of aliphatic hydroxyl groups is 1. The summed E-state index contributed by atoms with van der Waals surface area (Å²) in [5, 5.41) is 12.2. The quantitative estimate of drug-likeness (QED) is 0.823. The second-order valence-electron chi connectivity index (χ2n) is 4.31. The maximum absolute atomic E-state index is 9.96. The van der Waals surface area contributed by atoms with Crippen molar-refractivity contribution in [1.29, 1.82) is 0 Å². The van der Waals surface area contributed by atoms with Crippen LogP contribution in [0.15, 0.2) is 36.4 Å². The molecule has 0 aliphatic heterocycles. The molecule has 2 aromatic carbocycles. The molecule has 0 aliphatic carbocycles. The van der Waals surface area contributed by atoms with Gasteiger partial charge in [0.2, 0.25) is 0 Å². The third-order valence-corrected chi connectivity index (χ3v) is 2.86. The largest absolute Gasteiger partial charge is 0.497 e. The van der Waals surface area contributed by atoms with E-state index in [1.54, 1.807) is 12.0 Å². The highest BCUT2D eigenvalue weighted by molar-refractivity contribution is 5.84. The summed E-state index contributed by atoms with van der Waals surface area (Å²) < 4.78 is 5.18. The van der Waals surface area contributed by atoms with Gasteiger partial charge in [-0.3, -0.25) is 4.90 Å². The van der Waals surface area contributed by atoms with Gasteiger partial charge in [0.05, 0.1) is 7.11 Å². The van der Waals surface area contributed by atoms with Crippen LogP contribution in [-0.4, -0.2) is 31.2 Å². The van der Waals surface area contributed by atoms with Crippen LogP contribution >= 0.6 is 0 Å². The Morgan fingerprint density at radius 1 is 1.06 bits per heavy atom. The topological polar surface area (TPSA) is 32.7 Å². The Morgan fingerprint density at radius 2 is 1.71 bits per heavy atom. The highest BCUT2D eigenvalue weighted by Gasteiger charge is 2.09. The zero-order chi connectivity index (χ0) is 12.4. The number of ether oxygens (including phenoxy) is 1. The van der Waals surface area contributed by atoms with Crippen LogP contribution in [0.25, 0.3) is 10.8 Å². The highest BCUT2D eigenvalue weighted by Crippen LogP contribution is 2.24. The van der Waals surface area contributed by atoms with Gasteiger partial charge in [-0.2, -0.15) is 0 Å². The third kappa shape index (κ3) is 2.40. The first kappa shape index (κ1) is 11.9. The van der Waals surface area contributed by atoms with Crippen LogP contribution in [0.4, 0.5) is 0 Å². The minimum Gasteiger partial charge on any atom is -0.497 e. The molecule has 0 heterocycles. The zero-order valence-electron chi connectivity index (χ0n) is 10.3. The van der Waals surface area contributed by atoms with Gasteiger partial charge in [0.25, 0.3) is 0 Å². The Bertz CT molecular complexity index is 523. The number of methoxy groups -OCH3 is 1. The number of hydrogen-bond acceptors (Lipinski definition) is 3. The molecule has 1 unspecified atom stereocenters. The Morgan fingerprint density at radius 3 is 2.35 bits per heavy atom. The van der Waals surface area contributed by atoms with Crippen molar-refractivity contribution in [3.63, 3.8) is 0 Å². The molecule has 0 fully saturated rings. The molecule has 3 heteroatoms. The number of rotatable bonds is 3. The van der Waals surface area contributed by atoms with Gasteiger partial charge in [-0.1, -0.05) is 18.2 Å². The molecule has 0 radical (unpaired) electrons. The maximum Gasteiger partial charge on any atom is 0.133 e. The molecule has 1 atom stereocenters. The lowest BCUT2D eigenvalue weighted by Gasteiger charge is -2.19. The summed E-state index contributed by atoms with van der Waals surface area (Å²) in [6.45, 7) is 0. The second-order valence-corrected chi connectivity index (χ2v) is 4.31. The van der Waals surface area contributed by atoms with Gasteiger partial charge in [-0.05, 0) is 48.6 Å². The fourth-order valence-corrected chi connectivity index (χ4v) is 1.83. The van der Waals surface area contributed by atoms with Crippen molar-refractivity contribution in [2.45, 2.75) is 6.23 Å². The maximum atomic E-state index is 9.96. The predicted octanol–water partition coefficient (Wildman–Crippen LogP) is 2.40. The zero-order valence-corrected chi connectivity index (χ0v) is 10.3. The van der Waals surface area contributed by atoms with E-state index in [2.05, 4.69) is 0 Å². The van der Waals surface area contributed by atoms with Crippen molar-refractivity contribution >= 4 is 10.8 Å². The number of fused-ring (bicyclic) bond motifs is 1. The number of nitrogens with zero attached hydrogens (tertiary/aromatic N) is 1. The molecule has 3 nitrogen and oxygen atoms in total. The van der Waals surface area contributed by atoms with E-state index in [0.717, 1.165) is 22.1 Å². The molecule has 0 aliphatic rings. The van der Waals surface area contributed by atoms with Crippen molar-refractivity contribution in [2.24, 2.45) is 0 Å². The molecule has 1 N–H and O–H groups in total. The lowest BCUT2D eigenvalue weighted by atomic mass is 10.1. The van der Waals surface area contributed by atoms with Gasteiger partial charge in [0, 0.05) is 0 Å². The van der Waals surface area contributed by atoms with Gasteiger partial charge in [0.1, 0.15) is 12.0 Å². The molecule has 0 bridgehead atoms. The van der Waals surface area contributed by atoms with Gasteiger partial charge >= 0.3 is 0 Å². The van der Waals surface area contributed by atoms with E-state index in [0.29, 0.717) is 0 Å². The van der Waals surface area contributed by atoms with Crippen LogP contribution in [0.1, 0.15) is 11.8 Å². The SMILES string of the molecule is COc1ccc2cc(C(O)N(C)C)ccc2c1. The Labute approximate surface area is 101 Å². The van der Waals surface area contributed by atoms with Crippen LogP contribution in [-0.2, 0) is 0 Å². The molecule has 2 aromatic rings. The third-order valence-electron chi connectivity index (χ3n) is 2.86. The van der Waals surface area contributed by atoms with Crippen molar-refractivity contribution in [2.75, 3.05) is 21.2 Å². The lowest BCUT2D eigenvalue weighted by molar-refractivity contribution is 0.0396. The molecule has 0 saturated heterocycles. The number of benzene rings is 2. The van der Waals surface area contributed by atoms with E-state index in [1.165, 1.54) is 0 Å². The summed E-state index contributed by atoms with van der Waals surface area (Å²) in [5.41, 5.74) is 0.896. The van der Waals surface area contributed by atoms with Gasteiger partial charge < -0.3 is 9.84 Å². The summed E-state index contributed by atoms with van der Waals surface area (Å²) in [5.74, 6) is 0.846. The minimum absolute atomic E-state index is 0.568. The lowest BCUT2D eigenvalue weighted by Crippen LogP contribution is -2.18. The standard InChI is InChI=1S/C14H17NO2/c1-15(2)14(16)12-5-4-11-9-13(17-3)7-6-10(11)8-12/h4-9,14,16H,1-3H3. The second kappa shape index (κ2) is 4.73. The Kier molecular flexibility index (Phi) is 3.31. The summed E-state index contributed by atoms with van der Waals surface area (Å²) in [6, 6.07) is 11.8. The molecule has 90 valence electrons. The van der Waals surface area contributed by atoms with Crippen LogP contribution in [0.5, 0.6) is 5.75 Å². The van der Waals surface area contributed by atoms with Crippen molar-refractivity contribution in [3.8, 4) is 5.75 Å². The van der Waals surface area contributed by atoms with Gasteiger partial charge in [0.15, 0.2) is 0 Å². The normalized spacial score (nSPS) is 13.0. The summed E-state index contributed by atoms with van der Waals surface area (Å²) in [6.07, 6.45) is -0.568. The fraction of sp³-hybridized carbons (Fsp3) is 0.286. The van der Waals surface area contributed by atoms with Crippen LogP contribution in [0.3, 0.4) is 0 Å². The fourth-order valence-electron chi connectivity index (χ4n) is 1.83. The van der Waals surface area contributed by atoms with E-state index in [4.69, 9.17) is 4.74 Å². The average molecular weight is 231 g/mol. The Balaban J connectivity index is 2.44. The van der Waals surface area contributed by atoms with E-state index >= 15 is 0 Å². The van der Waals surface area contributed by atoms with Crippen LogP contribution in [0, 0.1) is 0 Å². The summed E-state index contributed by atoms with van der Waals surface area (Å²) >= 11 is 0. The molecular weight excluding hydrogens is 214 g/mol. The van der Waals surface area contributed by atoms with Gasteiger partial charge in [-0.25, -0.2) is 0 Å². The molecule has 0 saturated carbocycles. The molecule has 0 aromatic heterocycles. The number of hydrogen-bond donors (Lipinski definition) is 1. The first-order valence-electron chi connectivity index (χ1n) is 5.54. The van der Waals surface area contributed by atoms with E-state index in [1.807, 2.05) is 50.5 Å². The Hall–Kier alpha value is -1.58. The summed E-state index contributed by atoms with van der Waals surface area (Å²) in [4.78, 5) is 1.77. The predicted molar refractivity (Wildman–Crippen MR) is 69.1 cm³/mol.